The molecule has 0 N–H and O–H groups in total. The normalized spacial score (nSPS) is 39.2. The number of fused-ring (bicyclic) bond motifs is 1. The highest BCUT2D eigenvalue weighted by Crippen LogP contribution is 2.48. The Bertz CT molecular complexity index is 334. The Balaban J connectivity index is 2.22. The van der Waals surface area contributed by atoms with Crippen molar-refractivity contribution < 1.29 is 4.79 Å². The van der Waals surface area contributed by atoms with Gasteiger partial charge < -0.3 is 0 Å². The Hall–Kier alpha value is -0.300. The molecule has 96 valence electrons. The molecule has 0 amide bonds. The fourth-order valence-corrected chi connectivity index (χ4v) is 4.00. The Labute approximate surface area is 110 Å². The molecule has 2 aliphatic rings. The van der Waals surface area contributed by atoms with E-state index in [1.54, 1.807) is 0 Å². The van der Waals surface area contributed by atoms with Crippen LogP contribution < -0.4 is 0 Å². The summed E-state index contributed by atoms with van der Waals surface area (Å²) in [6, 6.07) is 0. The smallest absolute Gasteiger partial charge is 0.224 e. The number of hydrogen-bond acceptors (Lipinski definition) is 1. The minimum atomic E-state index is -0.153. The Morgan fingerprint density at radius 2 is 2.12 bits per heavy atom. The summed E-state index contributed by atoms with van der Waals surface area (Å²) in [6.07, 6.45) is 7.39. The molecule has 0 spiro atoms. The van der Waals surface area contributed by atoms with E-state index in [1.807, 2.05) is 6.92 Å². The fourth-order valence-electron chi connectivity index (χ4n) is 3.84. The lowest BCUT2D eigenvalue weighted by atomic mass is 9.60. The van der Waals surface area contributed by atoms with Gasteiger partial charge in [-0.25, -0.2) is 0 Å². The zero-order chi connectivity index (χ0) is 12.6. The van der Waals surface area contributed by atoms with Gasteiger partial charge in [0.05, 0.1) is 0 Å². The lowest BCUT2D eigenvalue weighted by Crippen LogP contribution is -2.38. The van der Waals surface area contributed by atoms with Gasteiger partial charge in [-0.1, -0.05) is 31.9 Å². The first-order chi connectivity index (χ1) is 8.00. The van der Waals surface area contributed by atoms with Crippen LogP contribution in [0.3, 0.4) is 0 Å². The molecule has 1 unspecified atom stereocenters. The van der Waals surface area contributed by atoms with Crippen molar-refractivity contribution in [3.05, 3.63) is 11.6 Å². The summed E-state index contributed by atoms with van der Waals surface area (Å²) in [5.41, 5.74) is 1.50. The molecule has 0 aromatic carbocycles. The summed E-state index contributed by atoms with van der Waals surface area (Å²) in [5, 5.41) is -0.153. The first kappa shape index (κ1) is 13.1. The monoisotopic (exact) mass is 254 g/mol. The molecule has 2 rings (SSSR count). The first-order valence-corrected chi connectivity index (χ1v) is 7.25. The summed E-state index contributed by atoms with van der Waals surface area (Å²) in [6.45, 7) is 6.60. The molecule has 2 heteroatoms. The van der Waals surface area contributed by atoms with Crippen LogP contribution in [0, 0.1) is 29.6 Å². The maximum absolute atomic E-state index is 11.4. The highest BCUT2D eigenvalue weighted by molar-refractivity contribution is 6.63. The zero-order valence-electron chi connectivity index (χ0n) is 11.1. The van der Waals surface area contributed by atoms with Crippen molar-refractivity contribution in [2.75, 3.05) is 0 Å². The van der Waals surface area contributed by atoms with Gasteiger partial charge in [0.2, 0.25) is 5.24 Å². The van der Waals surface area contributed by atoms with Crippen LogP contribution in [-0.4, -0.2) is 5.24 Å². The Kier molecular flexibility index (Phi) is 3.97. The van der Waals surface area contributed by atoms with Gasteiger partial charge >= 0.3 is 0 Å². The zero-order valence-corrected chi connectivity index (χ0v) is 11.8. The molecule has 5 atom stereocenters. The van der Waals surface area contributed by atoms with Crippen LogP contribution in [0.5, 0.6) is 0 Å². The molecule has 17 heavy (non-hydrogen) atoms. The molecule has 0 saturated heterocycles. The molecule has 0 aromatic rings. The predicted octanol–water partition coefficient (Wildman–Crippen LogP) is 4.41. The lowest BCUT2D eigenvalue weighted by molar-refractivity contribution is -0.117. The summed E-state index contributed by atoms with van der Waals surface area (Å²) in [7, 11) is 0. The van der Waals surface area contributed by atoms with Crippen molar-refractivity contribution in [2.45, 2.75) is 46.5 Å². The van der Waals surface area contributed by atoms with Crippen molar-refractivity contribution in [1.82, 2.24) is 0 Å². The number of rotatable bonds is 2. The molecule has 1 nitrogen and oxygen atoms in total. The average molecular weight is 255 g/mol. The van der Waals surface area contributed by atoms with Crippen LogP contribution in [0.4, 0.5) is 0 Å². The van der Waals surface area contributed by atoms with E-state index in [-0.39, 0.29) is 11.2 Å². The summed E-state index contributed by atoms with van der Waals surface area (Å²) < 4.78 is 0. The first-order valence-electron chi connectivity index (χ1n) is 6.87. The van der Waals surface area contributed by atoms with Crippen LogP contribution in [0.1, 0.15) is 46.5 Å². The Morgan fingerprint density at radius 3 is 2.76 bits per heavy atom. The molecule has 0 aromatic heterocycles. The average Bonchev–Trinajstić information content (AvgIpc) is 2.28. The highest BCUT2D eigenvalue weighted by atomic mass is 35.5. The fraction of sp³-hybridized carbons (Fsp3) is 0.800. The summed E-state index contributed by atoms with van der Waals surface area (Å²) >= 11 is 5.71. The van der Waals surface area contributed by atoms with Gasteiger partial charge in [0.15, 0.2) is 0 Å². The van der Waals surface area contributed by atoms with Gasteiger partial charge in [-0.3, -0.25) is 4.79 Å². The van der Waals surface area contributed by atoms with Gasteiger partial charge in [-0.2, -0.15) is 0 Å². The minimum Gasteiger partial charge on any atom is -0.281 e. The molecular weight excluding hydrogens is 232 g/mol. The van der Waals surface area contributed by atoms with E-state index in [0.717, 1.165) is 18.3 Å². The van der Waals surface area contributed by atoms with Crippen LogP contribution in [-0.2, 0) is 4.79 Å². The largest absolute Gasteiger partial charge is 0.281 e. The van der Waals surface area contributed by atoms with Gasteiger partial charge in [0.25, 0.3) is 0 Å². The molecule has 1 fully saturated rings. The maximum Gasteiger partial charge on any atom is 0.224 e. The number of carbonyl (C=O) groups is 1. The van der Waals surface area contributed by atoms with Crippen LogP contribution in [0.15, 0.2) is 11.6 Å². The van der Waals surface area contributed by atoms with Crippen LogP contribution >= 0.6 is 11.6 Å². The lowest BCUT2D eigenvalue weighted by Gasteiger charge is -2.45. The second-order valence-electron chi connectivity index (χ2n) is 6.10. The molecule has 1 saturated carbocycles. The third kappa shape index (κ3) is 2.59. The van der Waals surface area contributed by atoms with E-state index >= 15 is 0 Å². The van der Waals surface area contributed by atoms with E-state index in [2.05, 4.69) is 19.9 Å². The predicted molar refractivity (Wildman–Crippen MR) is 71.9 cm³/mol. The molecule has 0 bridgehead atoms. The summed E-state index contributed by atoms with van der Waals surface area (Å²) in [4.78, 5) is 11.4. The highest BCUT2D eigenvalue weighted by Gasteiger charge is 2.41. The van der Waals surface area contributed by atoms with Crippen molar-refractivity contribution in [3.8, 4) is 0 Å². The van der Waals surface area contributed by atoms with Crippen molar-refractivity contribution in [1.29, 1.82) is 0 Å². The minimum absolute atomic E-state index is 0.0128. The standard InChI is InChI=1S/C15H23ClO/c1-9-4-6-12-10(2)5-7-13(14(12)8-9)11(3)15(16)17/h8,10-14H,4-7H2,1-3H3/t10-,11-,12+,13?,14+/m1/s1. The number of carbonyl (C=O) groups excluding carboxylic acids is 1. The van der Waals surface area contributed by atoms with Gasteiger partial charge in [-0.15, -0.1) is 0 Å². The molecule has 0 radical (unpaired) electrons. The van der Waals surface area contributed by atoms with E-state index in [1.165, 1.54) is 24.8 Å². The second-order valence-corrected chi connectivity index (χ2v) is 6.48. The molecule has 2 aliphatic carbocycles. The topological polar surface area (TPSA) is 17.1 Å². The van der Waals surface area contributed by atoms with E-state index in [4.69, 9.17) is 11.6 Å². The molecule has 0 aliphatic heterocycles. The quantitative estimate of drug-likeness (QED) is 0.527. The molecule has 0 heterocycles. The third-order valence-electron chi connectivity index (χ3n) is 5.02. The maximum atomic E-state index is 11.4. The third-order valence-corrected chi connectivity index (χ3v) is 5.37. The van der Waals surface area contributed by atoms with E-state index < -0.39 is 0 Å². The van der Waals surface area contributed by atoms with E-state index in [0.29, 0.717) is 11.8 Å². The number of halogens is 1. The SMILES string of the molecule is CC1=C[C@@H]2C([C@@H](C)C(=O)Cl)CC[C@@H](C)[C@@H]2CC1. The van der Waals surface area contributed by atoms with Crippen molar-refractivity contribution in [2.24, 2.45) is 29.6 Å². The van der Waals surface area contributed by atoms with Crippen molar-refractivity contribution in [3.63, 3.8) is 0 Å². The van der Waals surface area contributed by atoms with E-state index in [9.17, 15) is 4.79 Å². The Morgan fingerprint density at radius 1 is 1.41 bits per heavy atom. The van der Waals surface area contributed by atoms with Gasteiger partial charge in [0, 0.05) is 5.92 Å². The van der Waals surface area contributed by atoms with Gasteiger partial charge in [-0.05, 0) is 61.5 Å². The number of hydrogen-bond donors (Lipinski definition) is 0. The summed E-state index contributed by atoms with van der Waals surface area (Å²) in [5.74, 6) is 2.65. The molecular formula is C15H23ClO. The van der Waals surface area contributed by atoms with Crippen molar-refractivity contribution >= 4 is 16.8 Å². The van der Waals surface area contributed by atoms with Crippen LogP contribution in [0.25, 0.3) is 0 Å². The number of allylic oxidation sites excluding steroid dienone is 2. The van der Waals surface area contributed by atoms with Crippen LogP contribution in [0.2, 0.25) is 0 Å². The van der Waals surface area contributed by atoms with Gasteiger partial charge in [0.1, 0.15) is 0 Å². The second kappa shape index (κ2) is 5.14.